The van der Waals surface area contributed by atoms with Crippen molar-refractivity contribution in [3.63, 3.8) is 0 Å². The maximum Gasteiger partial charge on any atom is 0.329 e. The highest BCUT2D eigenvalue weighted by molar-refractivity contribution is 5.81. The summed E-state index contributed by atoms with van der Waals surface area (Å²) in [4.78, 5) is 33.1. The van der Waals surface area contributed by atoms with Gasteiger partial charge in [0, 0.05) is 20.1 Å². The van der Waals surface area contributed by atoms with Crippen LogP contribution in [0, 0.1) is 10.1 Å². The van der Waals surface area contributed by atoms with Crippen LogP contribution in [-0.4, -0.2) is 52.4 Å². The first-order chi connectivity index (χ1) is 9.94. The Balaban J connectivity index is 3.02. The average Bonchev–Trinajstić information content (AvgIpc) is 2.47. The minimum absolute atomic E-state index is 0.0243. The third-order valence-corrected chi connectivity index (χ3v) is 2.93. The number of rotatable bonds is 7. The van der Waals surface area contributed by atoms with Crippen molar-refractivity contribution >= 4 is 23.4 Å². The van der Waals surface area contributed by atoms with Crippen LogP contribution in [0.1, 0.15) is 13.8 Å². The first-order valence-corrected chi connectivity index (χ1v) is 6.41. The number of anilines is 2. The third-order valence-electron chi connectivity index (χ3n) is 2.93. The maximum absolute atomic E-state index is 12.1. The van der Waals surface area contributed by atoms with Gasteiger partial charge in [0.05, 0.1) is 11.5 Å². The van der Waals surface area contributed by atoms with Crippen molar-refractivity contribution in [1.29, 1.82) is 0 Å². The van der Waals surface area contributed by atoms with Gasteiger partial charge in [-0.05, 0) is 13.8 Å². The number of hydrogen-bond donors (Lipinski definition) is 2. The first kappa shape index (κ1) is 16.6. The van der Waals surface area contributed by atoms with Gasteiger partial charge < -0.3 is 9.80 Å². The third kappa shape index (κ3) is 3.99. The number of hydrogen-bond acceptors (Lipinski definition) is 8. The van der Waals surface area contributed by atoms with Gasteiger partial charge in [0.2, 0.25) is 17.7 Å². The molecule has 1 rings (SSSR count). The fourth-order valence-electron chi connectivity index (χ4n) is 1.80. The number of nitrogens with zero attached hydrogens (tertiary/aromatic N) is 5. The van der Waals surface area contributed by atoms with Crippen LogP contribution in [0.2, 0.25) is 0 Å². The highest BCUT2D eigenvalue weighted by atomic mass is 16.6. The van der Waals surface area contributed by atoms with Gasteiger partial charge in [-0.2, -0.15) is 4.98 Å². The van der Waals surface area contributed by atoms with Crippen LogP contribution in [0.15, 0.2) is 6.20 Å². The Morgan fingerprint density at radius 1 is 1.48 bits per heavy atom. The Morgan fingerprint density at radius 3 is 2.57 bits per heavy atom. The molecule has 10 nitrogen and oxygen atoms in total. The van der Waals surface area contributed by atoms with Crippen molar-refractivity contribution in [3.05, 3.63) is 16.3 Å². The lowest BCUT2D eigenvalue weighted by molar-refractivity contribution is -0.384. The predicted molar refractivity (Wildman–Crippen MR) is 77.7 cm³/mol. The molecule has 0 aromatic carbocycles. The number of nitrogen functional groups attached to an aromatic ring is 1. The zero-order valence-electron chi connectivity index (χ0n) is 12.2. The number of nitro groups is 1. The Kier molecular flexibility index (Phi) is 5.79. The van der Waals surface area contributed by atoms with Gasteiger partial charge in [-0.15, -0.1) is 0 Å². The summed E-state index contributed by atoms with van der Waals surface area (Å²) < 4.78 is 0. The zero-order chi connectivity index (χ0) is 16.0. The summed E-state index contributed by atoms with van der Waals surface area (Å²) in [5.41, 5.74) is 1.93. The second-order valence-electron chi connectivity index (χ2n) is 4.23. The van der Waals surface area contributed by atoms with Gasteiger partial charge in [-0.3, -0.25) is 20.3 Å². The average molecular weight is 297 g/mol. The number of carbonyl (C=O) groups is 1. The highest BCUT2D eigenvalue weighted by Crippen LogP contribution is 2.24. The van der Waals surface area contributed by atoms with Crippen LogP contribution in [0.3, 0.4) is 0 Å². The van der Waals surface area contributed by atoms with E-state index in [-0.39, 0.29) is 29.9 Å². The van der Waals surface area contributed by atoms with E-state index >= 15 is 0 Å². The van der Waals surface area contributed by atoms with Crippen molar-refractivity contribution in [2.75, 3.05) is 37.0 Å². The molecule has 0 aliphatic heterocycles. The van der Waals surface area contributed by atoms with Crippen LogP contribution in [0.25, 0.3) is 0 Å². The number of amides is 1. The smallest absolute Gasteiger partial charge is 0.329 e. The Labute approximate surface area is 122 Å². The molecule has 10 heteroatoms. The molecule has 0 bridgehead atoms. The summed E-state index contributed by atoms with van der Waals surface area (Å²) in [6.07, 6.45) is 1.05. The molecule has 0 fully saturated rings. The van der Waals surface area contributed by atoms with Gasteiger partial charge in [0.1, 0.15) is 6.20 Å². The summed E-state index contributed by atoms with van der Waals surface area (Å²) >= 11 is 0. The fourth-order valence-corrected chi connectivity index (χ4v) is 1.80. The maximum atomic E-state index is 12.1. The van der Waals surface area contributed by atoms with E-state index in [1.54, 1.807) is 11.9 Å². The molecule has 1 aromatic heterocycles. The van der Waals surface area contributed by atoms with Crippen LogP contribution in [0.5, 0.6) is 0 Å². The summed E-state index contributed by atoms with van der Waals surface area (Å²) in [7, 11) is 1.55. The van der Waals surface area contributed by atoms with E-state index in [2.05, 4.69) is 15.4 Å². The second-order valence-corrected chi connectivity index (χ2v) is 4.23. The number of aromatic nitrogens is 2. The van der Waals surface area contributed by atoms with E-state index < -0.39 is 4.92 Å². The molecular formula is C11H19N7O3. The Morgan fingerprint density at radius 2 is 2.10 bits per heavy atom. The van der Waals surface area contributed by atoms with Crippen molar-refractivity contribution < 1.29 is 9.72 Å². The van der Waals surface area contributed by atoms with Gasteiger partial charge in [-0.1, -0.05) is 0 Å². The van der Waals surface area contributed by atoms with E-state index in [4.69, 9.17) is 5.84 Å². The molecule has 3 N–H and O–H groups in total. The van der Waals surface area contributed by atoms with E-state index in [9.17, 15) is 14.9 Å². The van der Waals surface area contributed by atoms with E-state index in [1.165, 1.54) is 4.90 Å². The first-order valence-electron chi connectivity index (χ1n) is 6.41. The van der Waals surface area contributed by atoms with Crippen LogP contribution < -0.4 is 16.2 Å². The van der Waals surface area contributed by atoms with Crippen LogP contribution in [0.4, 0.5) is 17.5 Å². The largest absolute Gasteiger partial charge is 0.344 e. The molecule has 0 spiro atoms. The second kappa shape index (κ2) is 7.33. The standard InChI is InChI=1S/C11H19N7O3/c1-4-17(5-2)9(19)7-16(3)10-8(18(20)21)6-13-11(14-10)15-12/h6H,4-5,7,12H2,1-3H3,(H,13,14,15). The van der Waals surface area contributed by atoms with E-state index in [0.717, 1.165) is 6.20 Å². The van der Waals surface area contributed by atoms with E-state index in [1.807, 2.05) is 13.8 Å². The highest BCUT2D eigenvalue weighted by Gasteiger charge is 2.23. The minimum Gasteiger partial charge on any atom is -0.344 e. The molecule has 0 aliphatic carbocycles. The number of carbonyl (C=O) groups excluding carboxylic acids is 1. The summed E-state index contributed by atoms with van der Waals surface area (Å²) in [5, 5.41) is 11.0. The van der Waals surface area contributed by atoms with Crippen molar-refractivity contribution in [2.45, 2.75) is 13.8 Å². The molecule has 0 radical (unpaired) electrons. The number of hydrazine groups is 1. The van der Waals surface area contributed by atoms with Gasteiger partial charge in [0.25, 0.3) is 0 Å². The summed E-state index contributed by atoms with van der Waals surface area (Å²) in [5.74, 6) is 5.13. The monoisotopic (exact) mass is 297 g/mol. The zero-order valence-corrected chi connectivity index (χ0v) is 12.2. The summed E-state index contributed by atoms with van der Waals surface area (Å²) in [6.45, 7) is 4.86. The lowest BCUT2D eigenvalue weighted by Crippen LogP contribution is -2.39. The van der Waals surface area contributed by atoms with Crippen molar-refractivity contribution in [1.82, 2.24) is 14.9 Å². The summed E-state index contributed by atoms with van der Waals surface area (Å²) in [6, 6.07) is 0. The van der Waals surface area contributed by atoms with Crippen LogP contribution >= 0.6 is 0 Å². The van der Waals surface area contributed by atoms with Gasteiger partial charge in [-0.25, -0.2) is 10.8 Å². The quantitative estimate of drug-likeness (QED) is 0.407. The molecule has 0 aliphatic rings. The fraction of sp³-hybridized carbons (Fsp3) is 0.545. The molecule has 0 saturated carbocycles. The number of nitrogens with one attached hydrogen (secondary N) is 1. The van der Waals surface area contributed by atoms with E-state index in [0.29, 0.717) is 13.1 Å². The lowest BCUT2D eigenvalue weighted by atomic mass is 10.4. The predicted octanol–water partition coefficient (Wildman–Crippen LogP) is -0.0250. The minimum atomic E-state index is -0.603. The normalized spacial score (nSPS) is 10.1. The molecule has 1 amide bonds. The molecule has 0 saturated heterocycles. The molecule has 116 valence electrons. The Bertz CT molecular complexity index is 519. The van der Waals surface area contributed by atoms with Crippen molar-refractivity contribution in [3.8, 4) is 0 Å². The topological polar surface area (TPSA) is 131 Å². The molecule has 1 heterocycles. The van der Waals surface area contributed by atoms with Crippen molar-refractivity contribution in [2.24, 2.45) is 5.84 Å². The molecule has 21 heavy (non-hydrogen) atoms. The molecule has 0 atom stereocenters. The number of nitrogens with two attached hydrogens (primary N) is 1. The van der Waals surface area contributed by atoms with Gasteiger partial charge >= 0.3 is 5.69 Å². The molecule has 0 unspecified atom stereocenters. The SMILES string of the molecule is CCN(CC)C(=O)CN(C)c1nc(NN)ncc1[N+](=O)[O-]. The Hall–Kier alpha value is -2.49. The van der Waals surface area contributed by atoms with Gasteiger partial charge in [0.15, 0.2) is 0 Å². The lowest BCUT2D eigenvalue weighted by Gasteiger charge is -2.23. The van der Waals surface area contributed by atoms with Crippen LogP contribution in [-0.2, 0) is 4.79 Å². The number of likely N-dealkylation sites (N-methyl/N-ethyl adjacent to an activating group) is 2. The molecule has 1 aromatic rings. The molecular weight excluding hydrogens is 278 g/mol.